The van der Waals surface area contributed by atoms with Crippen molar-refractivity contribution in [2.45, 2.75) is 12.8 Å². The Kier molecular flexibility index (Phi) is 6.95. The summed E-state index contributed by atoms with van der Waals surface area (Å²) >= 11 is 1.19. The molecule has 0 saturated carbocycles. The molecule has 4 rings (SSSR count). The number of halogens is 1. The second-order valence-corrected chi connectivity index (χ2v) is 8.46. The van der Waals surface area contributed by atoms with E-state index < -0.39 is 17.6 Å². The van der Waals surface area contributed by atoms with Crippen molar-refractivity contribution in [3.8, 4) is 6.07 Å². The first-order valence-electron chi connectivity index (χ1n) is 10.4. The molecule has 0 radical (unpaired) electrons. The van der Waals surface area contributed by atoms with Gasteiger partial charge in [0.15, 0.2) is 5.78 Å². The number of thioether (sulfide) groups is 1. The van der Waals surface area contributed by atoms with Crippen LogP contribution in [0.2, 0.25) is 0 Å². The molecule has 1 amide bonds. The van der Waals surface area contributed by atoms with Crippen molar-refractivity contribution in [3.63, 3.8) is 0 Å². The van der Waals surface area contributed by atoms with Crippen LogP contribution in [0.4, 0.5) is 10.1 Å². The number of anilines is 1. The van der Waals surface area contributed by atoms with E-state index >= 15 is 0 Å². The highest BCUT2D eigenvalue weighted by atomic mass is 32.2. The van der Waals surface area contributed by atoms with Gasteiger partial charge >= 0.3 is 0 Å². The third kappa shape index (κ3) is 4.80. The van der Waals surface area contributed by atoms with E-state index in [2.05, 4.69) is 16.7 Å². The number of ketones is 1. The molecule has 0 saturated heterocycles. The lowest BCUT2D eigenvalue weighted by Crippen LogP contribution is -2.31. The molecule has 2 aromatic carbocycles. The third-order valence-electron chi connectivity index (χ3n) is 5.29. The fourth-order valence-electron chi connectivity index (χ4n) is 3.66. The number of rotatable bonds is 7. The average molecular weight is 474 g/mol. The van der Waals surface area contributed by atoms with E-state index in [1.807, 2.05) is 6.07 Å². The van der Waals surface area contributed by atoms with Crippen molar-refractivity contribution >= 4 is 29.1 Å². The molecule has 2 heterocycles. The van der Waals surface area contributed by atoms with Crippen LogP contribution in [0.3, 0.4) is 0 Å². The second kappa shape index (κ2) is 10.2. The van der Waals surface area contributed by atoms with Gasteiger partial charge in [-0.3, -0.25) is 9.59 Å². The van der Waals surface area contributed by atoms with Crippen LogP contribution in [0, 0.1) is 17.1 Å². The zero-order valence-corrected chi connectivity index (χ0v) is 19.0. The number of allylic oxidation sites excluding steroid dienone is 2. The Balaban J connectivity index is 1.65. The minimum absolute atomic E-state index is 0.0297. The van der Waals surface area contributed by atoms with E-state index in [1.165, 1.54) is 36.2 Å². The number of benzene rings is 2. The molecule has 1 aliphatic rings. The number of hydrogen-bond acceptors (Lipinski definition) is 6. The number of nitriles is 1. The van der Waals surface area contributed by atoms with E-state index in [4.69, 9.17) is 4.42 Å². The first-order chi connectivity index (χ1) is 16.5. The lowest BCUT2D eigenvalue weighted by molar-refractivity contribution is -0.113. The number of nitrogens with zero attached hydrogens (tertiary/aromatic N) is 1. The van der Waals surface area contributed by atoms with Crippen molar-refractivity contribution in [1.29, 1.82) is 5.26 Å². The maximum atomic E-state index is 14.1. The Bertz CT molecular complexity index is 1320. The van der Waals surface area contributed by atoms with Gasteiger partial charge in [0.2, 0.25) is 0 Å². The van der Waals surface area contributed by atoms with E-state index in [0.29, 0.717) is 22.0 Å². The summed E-state index contributed by atoms with van der Waals surface area (Å²) in [6.45, 7) is 1.69. The summed E-state index contributed by atoms with van der Waals surface area (Å²) in [6, 6.07) is 20.2. The number of hydrogen-bond donors (Lipinski definition) is 2. The number of furan rings is 1. The second-order valence-electron chi connectivity index (χ2n) is 7.48. The van der Waals surface area contributed by atoms with Crippen molar-refractivity contribution in [2.75, 3.05) is 11.1 Å². The van der Waals surface area contributed by atoms with Gasteiger partial charge in [-0.25, -0.2) is 4.39 Å². The number of para-hydroxylation sites is 1. The molecule has 0 spiro atoms. The lowest BCUT2D eigenvalue weighted by atomic mass is 9.85. The molecule has 1 aromatic heterocycles. The van der Waals surface area contributed by atoms with Crippen LogP contribution >= 0.6 is 11.8 Å². The molecule has 6 nitrogen and oxygen atoms in total. The monoisotopic (exact) mass is 473 g/mol. The van der Waals surface area contributed by atoms with Crippen molar-refractivity contribution in [2.24, 2.45) is 0 Å². The maximum Gasteiger partial charge on any atom is 0.254 e. The molecule has 1 aliphatic heterocycles. The standard InChI is InChI=1S/C26H20FN3O3S/c1-16-23(25(32)30-20-11-6-5-10-19(20)27)24(22-12-7-13-33-22)18(14-28)26(29-16)34-15-21(31)17-8-3-2-4-9-17/h2-13,24,29H,15H2,1H3,(H,30,32)/t24-/m1/s1. The quantitative estimate of drug-likeness (QED) is 0.448. The van der Waals surface area contributed by atoms with E-state index in [-0.39, 0.29) is 28.4 Å². The fourth-order valence-corrected chi connectivity index (χ4v) is 4.65. The van der Waals surface area contributed by atoms with Crippen LogP contribution in [0.5, 0.6) is 0 Å². The Morgan fingerprint density at radius 3 is 2.53 bits per heavy atom. The molecule has 0 unspecified atom stereocenters. The number of Topliss-reactive ketones (excluding diaryl/α,β-unsaturated/α-hetero) is 1. The van der Waals surface area contributed by atoms with Crippen molar-refractivity contribution in [3.05, 3.63) is 112 Å². The summed E-state index contributed by atoms with van der Waals surface area (Å²) in [5.74, 6) is -1.54. The zero-order valence-electron chi connectivity index (χ0n) is 18.2. The van der Waals surface area contributed by atoms with E-state index in [9.17, 15) is 19.2 Å². The van der Waals surface area contributed by atoms with Crippen molar-refractivity contribution in [1.82, 2.24) is 5.32 Å². The van der Waals surface area contributed by atoms with Crippen molar-refractivity contribution < 1.29 is 18.4 Å². The van der Waals surface area contributed by atoms with Gasteiger partial charge in [0, 0.05) is 11.3 Å². The normalized spacial score (nSPS) is 15.5. The lowest BCUT2D eigenvalue weighted by Gasteiger charge is -2.28. The van der Waals surface area contributed by atoms with Gasteiger partial charge in [-0.1, -0.05) is 54.2 Å². The predicted molar refractivity (Wildman–Crippen MR) is 128 cm³/mol. The van der Waals surface area contributed by atoms with Crippen LogP contribution < -0.4 is 10.6 Å². The smallest absolute Gasteiger partial charge is 0.254 e. The van der Waals surface area contributed by atoms with Crippen LogP contribution in [-0.4, -0.2) is 17.4 Å². The molecule has 34 heavy (non-hydrogen) atoms. The SMILES string of the molecule is CC1=C(C(=O)Nc2ccccc2F)[C@@H](c2ccco2)C(C#N)=C(SCC(=O)c2ccccc2)N1. The number of dihydropyridines is 1. The van der Waals surface area contributed by atoms with Gasteiger partial charge in [-0.2, -0.15) is 5.26 Å². The topological polar surface area (TPSA) is 95.1 Å². The molecule has 0 bridgehead atoms. The molecule has 170 valence electrons. The first kappa shape index (κ1) is 23.1. The molecule has 3 aromatic rings. The Labute approximate surface area is 200 Å². The van der Waals surface area contributed by atoms with Crippen LogP contribution in [0.25, 0.3) is 0 Å². The fraction of sp³-hybridized carbons (Fsp3) is 0.115. The number of amides is 1. The van der Waals surface area contributed by atoms with Gasteiger partial charge in [0.25, 0.3) is 5.91 Å². The van der Waals surface area contributed by atoms with Gasteiger partial charge in [-0.15, -0.1) is 0 Å². The molecular formula is C26H20FN3O3S. The Morgan fingerprint density at radius 1 is 1.12 bits per heavy atom. The highest BCUT2D eigenvalue weighted by molar-refractivity contribution is 8.03. The summed E-state index contributed by atoms with van der Waals surface area (Å²) < 4.78 is 19.7. The molecular weight excluding hydrogens is 453 g/mol. The van der Waals surface area contributed by atoms with Crippen LogP contribution in [0.1, 0.15) is 29.0 Å². The molecule has 8 heteroatoms. The number of carbonyl (C=O) groups excluding carboxylic acids is 2. The minimum atomic E-state index is -0.817. The molecule has 2 N–H and O–H groups in total. The first-order valence-corrected chi connectivity index (χ1v) is 11.4. The summed E-state index contributed by atoms with van der Waals surface area (Å²) in [5, 5.41) is 16.2. The molecule has 0 aliphatic carbocycles. The van der Waals surface area contributed by atoms with E-state index in [1.54, 1.807) is 49.4 Å². The predicted octanol–water partition coefficient (Wildman–Crippen LogP) is 5.37. The Hall–Kier alpha value is -4.09. The summed E-state index contributed by atoms with van der Waals surface area (Å²) in [6.07, 6.45) is 1.46. The molecule has 1 atom stereocenters. The van der Waals surface area contributed by atoms with Gasteiger partial charge in [-0.05, 0) is 31.2 Å². The van der Waals surface area contributed by atoms with Gasteiger partial charge in [0.05, 0.1) is 45.9 Å². The largest absolute Gasteiger partial charge is 0.468 e. The van der Waals surface area contributed by atoms with Gasteiger partial charge < -0.3 is 15.1 Å². The Morgan fingerprint density at radius 2 is 1.85 bits per heavy atom. The molecule has 0 fully saturated rings. The van der Waals surface area contributed by atoms with Gasteiger partial charge in [0.1, 0.15) is 11.6 Å². The number of carbonyl (C=O) groups is 2. The van der Waals surface area contributed by atoms with Crippen LogP contribution in [0.15, 0.2) is 99.3 Å². The maximum absolute atomic E-state index is 14.1. The zero-order chi connectivity index (χ0) is 24.1. The highest BCUT2D eigenvalue weighted by Gasteiger charge is 2.36. The summed E-state index contributed by atoms with van der Waals surface area (Å²) in [5.41, 5.74) is 1.55. The third-order valence-corrected chi connectivity index (χ3v) is 6.30. The minimum Gasteiger partial charge on any atom is -0.468 e. The average Bonchev–Trinajstić information content (AvgIpc) is 3.38. The summed E-state index contributed by atoms with van der Waals surface area (Å²) in [7, 11) is 0. The summed E-state index contributed by atoms with van der Waals surface area (Å²) in [4.78, 5) is 25.8. The van der Waals surface area contributed by atoms with E-state index in [0.717, 1.165) is 0 Å². The highest BCUT2D eigenvalue weighted by Crippen LogP contribution is 2.41. The number of nitrogens with one attached hydrogen (secondary N) is 2. The van der Waals surface area contributed by atoms with Crippen LogP contribution in [-0.2, 0) is 4.79 Å².